The topological polar surface area (TPSA) is 68.3 Å². The highest BCUT2D eigenvalue weighted by molar-refractivity contribution is 5.42. The number of hydrogen-bond acceptors (Lipinski definition) is 3. The van der Waals surface area contributed by atoms with E-state index in [0.29, 0.717) is 18.9 Å². The minimum atomic E-state index is -4.48. The molecule has 34 heavy (non-hydrogen) atoms. The molecule has 2 N–H and O–H groups in total. The van der Waals surface area contributed by atoms with E-state index in [-0.39, 0.29) is 18.0 Å². The standard InChI is InChI=1S/C17H25F3N2O.C4H10.2C2H6.CH3NO/c1-12(2)9-13(3)22-11-14(5-8-21-6-4-7-21)15(10-16(22)23)17(18,19)20;1-3-4-2;2*1-2;2-1-3/h10-13H,4-9H2,1-3H3;3-4H2,1-2H3;2*1-2H3;1H,(H2,2,3). The van der Waals surface area contributed by atoms with Gasteiger partial charge in [-0.05, 0) is 50.8 Å². The Morgan fingerprint density at radius 3 is 1.85 bits per heavy atom. The Hall–Kier alpha value is -1.83. The highest BCUT2D eigenvalue weighted by atomic mass is 19.4. The molecule has 202 valence electrons. The normalized spacial score (nSPS) is 13.3. The average molecular weight is 494 g/mol. The van der Waals surface area contributed by atoms with E-state index in [4.69, 9.17) is 4.79 Å². The SMILES string of the molecule is CC.CC.CC(C)CC(C)n1cc(CCN2CCC2)c(C(F)(F)F)cc1=O.CCCC.NC=O. The number of halogens is 3. The summed E-state index contributed by atoms with van der Waals surface area (Å²) in [4.78, 5) is 22.8. The number of likely N-dealkylation sites (tertiary alicyclic amines) is 1. The van der Waals surface area contributed by atoms with Gasteiger partial charge in [-0.25, -0.2) is 0 Å². The van der Waals surface area contributed by atoms with E-state index >= 15 is 0 Å². The van der Waals surface area contributed by atoms with Gasteiger partial charge >= 0.3 is 6.18 Å². The molecule has 1 aromatic rings. The summed E-state index contributed by atoms with van der Waals surface area (Å²) in [5, 5.41) is 0. The second-order valence-electron chi connectivity index (χ2n) is 8.02. The molecule has 0 bridgehead atoms. The van der Waals surface area contributed by atoms with Crippen molar-refractivity contribution in [3.05, 3.63) is 33.7 Å². The number of carbonyl (C=O) groups excluding carboxylic acids is 1. The van der Waals surface area contributed by atoms with Crippen molar-refractivity contribution >= 4 is 6.41 Å². The maximum atomic E-state index is 13.2. The van der Waals surface area contributed by atoms with E-state index in [0.717, 1.165) is 32.0 Å². The van der Waals surface area contributed by atoms with Crippen LogP contribution in [0.25, 0.3) is 0 Å². The Kier molecular flexibility index (Phi) is 23.4. The van der Waals surface area contributed by atoms with Crippen molar-refractivity contribution in [2.45, 2.75) is 107 Å². The molecule has 1 unspecified atom stereocenters. The molecule has 8 heteroatoms. The molecule has 1 aliphatic rings. The molecule has 1 aromatic heterocycles. The van der Waals surface area contributed by atoms with Gasteiger partial charge in [-0.2, -0.15) is 13.2 Å². The molecule has 2 rings (SSSR count). The molecule has 1 fully saturated rings. The minimum Gasteiger partial charge on any atom is -0.372 e. The van der Waals surface area contributed by atoms with Crippen molar-refractivity contribution in [3.8, 4) is 0 Å². The summed E-state index contributed by atoms with van der Waals surface area (Å²) < 4.78 is 41.1. The molecule has 0 spiro atoms. The van der Waals surface area contributed by atoms with E-state index in [2.05, 4.69) is 24.5 Å². The molecule has 1 saturated heterocycles. The Balaban J connectivity index is -0.000000747. The number of nitrogens with zero attached hydrogens (tertiary/aromatic N) is 2. The van der Waals surface area contributed by atoms with Crippen molar-refractivity contribution < 1.29 is 18.0 Å². The van der Waals surface area contributed by atoms with Crippen molar-refractivity contribution in [3.63, 3.8) is 0 Å². The van der Waals surface area contributed by atoms with Crippen LogP contribution in [0.4, 0.5) is 13.2 Å². The molecule has 0 saturated carbocycles. The number of nitrogens with two attached hydrogens (primary N) is 1. The van der Waals surface area contributed by atoms with E-state index in [9.17, 15) is 18.0 Å². The van der Waals surface area contributed by atoms with E-state index in [1.165, 1.54) is 23.6 Å². The summed E-state index contributed by atoms with van der Waals surface area (Å²) in [6.07, 6.45) is 2.03. The molecule has 1 amide bonds. The van der Waals surface area contributed by atoms with Crippen LogP contribution < -0.4 is 11.3 Å². The van der Waals surface area contributed by atoms with Crippen LogP contribution in [0.3, 0.4) is 0 Å². The Morgan fingerprint density at radius 2 is 1.53 bits per heavy atom. The van der Waals surface area contributed by atoms with Gasteiger partial charge in [0.15, 0.2) is 0 Å². The van der Waals surface area contributed by atoms with Crippen LogP contribution in [-0.2, 0) is 17.4 Å². The maximum absolute atomic E-state index is 13.2. The largest absolute Gasteiger partial charge is 0.416 e. The van der Waals surface area contributed by atoms with Crippen LogP contribution in [0.2, 0.25) is 0 Å². The van der Waals surface area contributed by atoms with Crippen LogP contribution >= 0.6 is 0 Å². The zero-order chi connectivity index (χ0) is 27.3. The number of alkyl halides is 3. The lowest BCUT2D eigenvalue weighted by molar-refractivity contribution is -0.138. The number of primary amides is 1. The molecule has 5 nitrogen and oxygen atoms in total. The zero-order valence-electron chi connectivity index (χ0n) is 23.0. The zero-order valence-corrected chi connectivity index (χ0v) is 23.0. The van der Waals surface area contributed by atoms with Crippen molar-refractivity contribution in [1.82, 2.24) is 9.47 Å². The minimum absolute atomic E-state index is 0.104. The van der Waals surface area contributed by atoms with Gasteiger partial charge in [0, 0.05) is 24.8 Å². The monoisotopic (exact) mass is 493 g/mol. The number of rotatable bonds is 7. The van der Waals surface area contributed by atoms with Crippen LogP contribution in [-0.4, -0.2) is 35.5 Å². The predicted molar refractivity (Wildman–Crippen MR) is 138 cm³/mol. The number of aromatic nitrogens is 1. The van der Waals surface area contributed by atoms with Gasteiger partial charge in [-0.1, -0.05) is 68.2 Å². The highest BCUT2D eigenvalue weighted by Crippen LogP contribution is 2.32. The van der Waals surface area contributed by atoms with Crippen molar-refractivity contribution in [2.24, 2.45) is 11.7 Å². The fourth-order valence-electron chi connectivity index (χ4n) is 3.08. The first-order chi connectivity index (χ1) is 16.0. The Labute approximate surface area is 205 Å². The van der Waals surface area contributed by atoms with Gasteiger partial charge in [-0.3, -0.25) is 9.59 Å². The van der Waals surface area contributed by atoms with E-state index in [1.54, 1.807) is 0 Å². The fourth-order valence-corrected chi connectivity index (χ4v) is 3.08. The lowest BCUT2D eigenvalue weighted by atomic mass is 10.0. The number of pyridine rings is 1. The second kappa shape index (κ2) is 21.7. The van der Waals surface area contributed by atoms with Gasteiger partial charge in [0.25, 0.3) is 5.56 Å². The van der Waals surface area contributed by atoms with E-state index in [1.807, 2.05) is 48.5 Å². The third kappa shape index (κ3) is 15.9. The highest BCUT2D eigenvalue weighted by Gasteiger charge is 2.34. The lowest BCUT2D eigenvalue weighted by Gasteiger charge is -2.31. The van der Waals surface area contributed by atoms with Gasteiger partial charge in [0.2, 0.25) is 6.41 Å². The smallest absolute Gasteiger partial charge is 0.372 e. The van der Waals surface area contributed by atoms with Gasteiger partial charge < -0.3 is 15.2 Å². The first-order valence-electron chi connectivity index (χ1n) is 12.7. The predicted octanol–water partition coefficient (Wildman–Crippen LogP) is 6.68. The van der Waals surface area contributed by atoms with Crippen molar-refractivity contribution in [1.29, 1.82) is 0 Å². The second-order valence-corrected chi connectivity index (χ2v) is 8.02. The van der Waals surface area contributed by atoms with Crippen molar-refractivity contribution in [2.75, 3.05) is 19.6 Å². The molecule has 0 aromatic carbocycles. The summed E-state index contributed by atoms with van der Waals surface area (Å²) in [5.41, 5.74) is 3.04. The third-order valence-electron chi connectivity index (χ3n) is 4.90. The lowest BCUT2D eigenvalue weighted by Crippen LogP contribution is -2.38. The molecule has 1 aliphatic heterocycles. The summed E-state index contributed by atoms with van der Waals surface area (Å²) in [6, 6.07) is 0.662. The first kappa shape index (κ1) is 36.7. The number of amides is 1. The Bertz CT molecular complexity index is 668. The molecule has 2 heterocycles. The molecule has 0 aliphatic carbocycles. The van der Waals surface area contributed by atoms with Gasteiger partial charge in [0.05, 0.1) is 5.56 Å². The third-order valence-corrected chi connectivity index (χ3v) is 4.90. The summed E-state index contributed by atoms with van der Waals surface area (Å²) >= 11 is 0. The first-order valence-corrected chi connectivity index (χ1v) is 12.7. The molecular weight excluding hydrogens is 443 g/mol. The summed E-state index contributed by atoms with van der Waals surface area (Å²) in [5.74, 6) is 0.378. The number of hydrogen-bond donors (Lipinski definition) is 1. The summed E-state index contributed by atoms with van der Waals surface area (Å²) in [7, 11) is 0. The van der Waals surface area contributed by atoms with Crippen LogP contribution in [0.5, 0.6) is 0 Å². The average Bonchev–Trinajstić information content (AvgIpc) is 2.75. The van der Waals surface area contributed by atoms with Crippen LogP contribution in [0, 0.1) is 5.92 Å². The van der Waals surface area contributed by atoms with Gasteiger partial charge in [0.1, 0.15) is 0 Å². The van der Waals surface area contributed by atoms with Crippen LogP contribution in [0.1, 0.15) is 105 Å². The Morgan fingerprint density at radius 1 is 1.06 bits per heavy atom. The molecule has 1 atom stereocenters. The van der Waals surface area contributed by atoms with E-state index < -0.39 is 17.3 Å². The fraction of sp³-hybridized carbons (Fsp3) is 0.769. The van der Waals surface area contributed by atoms with Crippen LogP contribution in [0.15, 0.2) is 17.1 Å². The summed E-state index contributed by atoms with van der Waals surface area (Å²) in [6.45, 7) is 20.8. The number of unbranched alkanes of at least 4 members (excludes halogenated alkanes) is 1. The maximum Gasteiger partial charge on any atom is 0.416 e. The molecule has 0 radical (unpaired) electrons. The quantitative estimate of drug-likeness (QED) is 0.431. The molecular formula is C26H50F3N3O2. The number of carbonyl (C=O) groups is 1. The van der Waals surface area contributed by atoms with Gasteiger partial charge in [-0.15, -0.1) is 0 Å².